The number of pyridine rings is 1. The van der Waals surface area contributed by atoms with Gasteiger partial charge in [0.25, 0.3) is 0 Å². The first kappa shape index (κ1) is 21.9. The lowest BCUT2D eigenvalue weighted by molar-refractivity contribution is -0.139. The van der Waals surface area contributed by atoms with Crippen molar-refractivity contribution in [3.05, 3.63) is 84.1 Å². The number of hydrogen-bond acceptors (Lipinski definition) is 7. The van der Waals surface area contributed by atoms with Gasteiger partial charge in [-0.25, -0.2) is 18.6 Å². The van der Waals surface area contributed by atoms with Gasteiger partial charge in [-0.15, -0.1) is 0 Å². The molecule has 2 aromatic heterocycles. The normalized spacial score (nSPS) is 11.4. The fraction of sp³-hybridized carbons (Fsp3) is 0.100. The molecule has 2 amide bonds. The van der Waals surface area contributed by atoms with Crippen LogP contribution >= 0.6 is 0 Å². The Morgan fingerprint density at radius 3 is 2.55 bits per heavy atom. The van der Waals surface area contributed by atoms with Gasteiger partial charge < -0.3 is 9.73 Å². The molecule has 0 radical (unpaired) electrons. The Kier molecular flexibility index (Phi) is 7.25. The maximum Gasteiger partial charge on any atom is 0.329 e. The smallest absolute Gasteiger partial charge is 0.329 e. The van der Waals surface area contributed by atoms with Crippen LogP contribution in [-0.4, -0.2) is 31.4 Å². The average molecular weight is 441 g/mol. The number of nitrogens with one attached hydrogen (secondary N) is 3. The number of sulfonamides is 1. The number of carbonyl (C=O) groups excluding carboxylic acids is 2. The molecule has 0 bridgehead atoms. The topological polar surface area (TPSA) is 143 Å². The van der Waals surface area contributed by atoms with Gasteiger partial charge in [0.15, 0.2) is 0 Å². The number of benzene rings is 1. The van der Waals surface area contributed by atoms with Crippen molar-refractivity contribution in [1.82, 2.24) is 20.4 Å². The van der Waals surface area contributed by atoms with E-state index < -0.39 is 21.8 Å². The van der Waals surface area contributed by atoms with Crippen molar-refractivity contribution in [1.29, 1.82) is 0 Å². The zero-order valence-corrected chi connectivity index (χ0v) is 17.0. The van der Waals surface area contributed by atoms with Gasteiger partial charge in [-0.1, -0.05) is 24.3 Å². The van der Waals surface area contributed by atoms with Crippen LogP contribution in [0.5, 0.6) is 0 Å². The number of nitrogens with zero attached hydrogens (tertiary/aromatic N) is 2. The summed E-state index contributed by atoms with van der Waals surface area (Å²) >= 11 is 0. The van der Waals surface area contributed by atoms with Gasteiger partial charge in [0.2, 0.25) is 10.0 Å². The van der Waals surface area contributed by atoms with Gasteiger partial charge in [-0.05, 0) is 35.9 Å². The molecule has 3 N–H and O–H groups in total. The molecule has 0 aliphatic rings. The average Bonchev–Trinajstić information content (AvgIpc) is 3.25. The van der Waals surface area contributed by atoms with E-state index >= 15 is 0 Å². The lowest BCUT2D eigenvalue weighted by Gasteiger charge is -2.04. The maximum atomic E-state index is 12.2. The number of hydrazone groups is 1. The van der Waals surface area contributed by atoms with Crippen LogP contribution in [0.4, 0.5) is 0 Å². The van der Waals surface area contributed by atoms with Gasteiger partial charge in [0, 0.05) is 18.9 Å². The SMILES string of the molecule is O=C(NCc1cccnc1)C(=O)N/N=C/c1ccc(CNS(=O)(=O)c2ccccc2)o1. The van der Waals surface area contributed by atoms with E-state index in [1.54, 1.807) is 54.9 Å². The molecule has 160 valence electrons. The highest BCUT2D eigenvalue weighted by atomic mass is 32.2. The summed E-state index contributed by atoms with van der Waals surface area (Å²) < 4.78 is 32.3. The van der Waals surface area contributed by atoms with Crippen LogP contribution in [-0.2, 0) is 32.7 Å². The number of hydrogen-bond donors (Lipinski definition) is 3. The summed E-state index contributed by atoms with van der Waals surface area (Å²) in [5.41, 5.74) is 2.83. The van der Waals surface area contributed by atoms with Crippen molar-refractivity contribution in [2.75, 3.05) is 0 Å². The Labute approximate surface area is 178 Å². The van der Waals surface area contributed by atoms with Gasteiger partial charge in [0.1, 0.15) is 11.5 Å². The summed E-state index contributed by atoms with van der Waals surface area (Å²) in [6, 6.07) is 14.5. The summed E-state index contributed by atoms with van der Waals surface area (Å²) in [5, 5.41) is 6.10. The lowest BCUT2D eigenvalue weighted by Crippen LogP contribution is -2.37. The molecule has 0 saturated heterocycles. The molecule has 0 spiro atoms. The highest BCUT2D eigenvalue weighted by molar-refractivity contribution is 7.89. The minimum Gasteiger partial charge on any atom is -0.459 e. The third-order valence-corrected chi connectivity index (χ3v) is 5.33. The van der Waals surface area contributed by atoms with Gasteiger partial charge >= 0.3 is 11.8 Å². The zero-order chi connectivity index (χ0) is 22.1. The van der Waals surface area contributed by atoms with E-state index in [-0.39, 0.29) is 23.7 Å². The molecule has 10 nitrogen and oxygen atoms in total. The second-order valence-corrected chi connectivity index (χ2v) is 7.95. The molecular formula is C20H19N5O5S. The third kappa shape index (κ3) is 6.59. The van der Waals surface area contributed by atoms with Crippen molar-refractivity contribution in [3.8, 4) is 0 Å². The van der Waals surface area contributed by atoms with Crippen molar-refractivity contribution in [3.63, 3.8) is 0 Å². The van der Waals surface area contributed by atoms with Crippen LogP contribution in [0.1, 0.15) is 17.1 Å². The first-order valence-electron chi connectivity index (χ1n) is 9.07. The molecule has 0 atom stereocenters. The van der Waals surface area contributed by atoms with Crippen LogP contribution in [0.3, 0.4) is 0 Å². The largest absolute Gasteiger partial charge is 0.459 e. The molecule has 31 heavy (non-hydrogen) atoms. The minimum absolute atomic E-state index is 0.0613. The fourth-order valence-electron chi connectivity index (χ4n) is 2.38. The minimum atomic E-state index is -3.66. The maximum absolute atomic E-state index is 12.2. The fourth-order valence-corrected chi connectivity index (χ4v) is 3.39. The predicted octanol–water partition coefficient (Wildman–Crippen LogP) is 0.920. The zero-order valence-electron chi connectivity index (χ0n) is 16.2. The number of carbonyl (C=O) groups is 2. The number of furan rings is 1. The van der Waals surface area contributed by atoms with Gasteiger partial charge in [-0.3, -0.25) is 14.6 Å². The summed E-state index contributed by atoms with van der Waals surface area (Å²) in [5.74, 6) is -1.18. The molecule has 0 fully saturated rings. The van der Waals surface area contributed by atoms with Gasteiger partial charge in [0.05, 0.1) is 17.7 Å². The molecule has 0 unspecified atom stereocenters. The summed E-state index contributed by atoms with van der Waals surface area (Å²) in [7, 11) is -3.66. The molecule has 0 aliphatic heterocycles. The summed E-state index contributed by atoms with van der Waals surface area (Å²) in [4.78, 5) is 27.6. The Morgan fingerprint density at radius 2 is 1.81 bits per heavy atom. The molecule has 3 aromatic rings. The predicted molar refractivity (Wildman–Crippen MR) is 111 cm³/mol. The third-order valence-electron chi connectivity index (χ3n) is 3.91. The molecule has 3 rings (SSSR count). The second kappa shape index (κ2) is 10.3. The molecule has 0 saturated carbocycles. The van der Waals surface area contributed by atoms with E-state index in [9.17, 15) is 18.0 Å². The highest BCUT2D eigenvalue weighted by Gasteiger charge is 2.14. The van der Waals surface area contributed by atoms with E-state index in [0.29, 0.717) is 5.76 Å². The van der Waals surface area contributed by atoms with Crippen molar-refractivity contribution >= 4 is 28.1 Å². The van der Waals surface area contributed by atoms with E-state index in [2.05, 4.69) is 25.6 Å². The molecule has 1 aromatic carbocycles. The number of aromatic nitrogens is 1. The van der Waals surface area contributed by atoms with Crippen LogP contribution in [0.2, 0.25) is 0 Å². The summed E-state index contributed by atoms with van der Waals surface area (Å²) in [6.07, 6.45) is 4.37. The van der Waals surface area contributed by atoms with E-state index in [4.69, 9.17) is 4.42 Å². The molecular weight excluding hydrogens is 422 g/mol. The standard InChI is InChI=1S/C20H19N5O5S/c26-19(22-12-15-5-4-10-21-11-15)20(27)25-23-13-16-8-9-17(30-16)14-24-31(28,29)18-6-2-1-3-7-18/h1-11,13,24H,12,14H2,(H,22,26)(H,25,27)/b23-13+. The van der Waals surface area contributed by atoms with Crippen LogP contribution in [0.25, 0.3) is 0 Å². The van der Waals surface area contributed by atoms with Crippen molar-refractivity contribution < 1.29 is 22.4 Å². The van der Waals surface area contributed by atoms with E-state index in [0.717, 1.165) is 5.56 Å². The van der Waals surface area contributed by atoms with Crippen LogP contribution in [0.15, 0.2) is 81.4 Å². The second-order valence-electron chi connectivity index (χ2n) is 6.18. The molecule has 0 aliphatic carbocycles. The quantitative estimate of drug-likeness (QED) is 0.269. The Balaban J connectivity index is 1.45. The van der Waals surface area contributed by atoms with Crippen molar-refractivity contribution in [2.45, 2.75) is 18.0 Å². The van der Waals surface area contributed by atoms with E-state index in [1.807, 2.05) is 0 Å². The van der Waals surface area contributed by atoms with Crippen LogP contribution < -0.4 is 15.5 Å². The van der Waals surface area contributed by atoms with Crippen molar-refractivity contribution in [2.24, 2.45) is 5.10 Å². The lowest BCUT2D eigenvalue weighted by atomic mass is 10.3. The monoisotopic (exact) mass is 441 g/mol. The van der Waals surface area contributed by atoms with Gasteiger partial charge in [-0.2, -0.15) is 5.10 Å². The Bertz CT molecular complexity index is 1160. The summed E-state index contributed by atoms with van der Waals surface area (Å²) in [6.45, 7) is 0.0957. The highest BCUT2D eigenvalue weighted by Crippen LogP contribution is 2.10. The molecule has 2 heterocycles. The Hall–Kier alpha value is -3.83. The first-order chi connectivity index (χ1) is 14.9. The van der Waals surface area contributed by atoms with Crippen LogP contribution in [0, 0.1) is 0 Å². The molecule has 11 heteroatoms. The van der Waals surface area contributed by atoms with E-state index in [1.165, 1.54) is 18.3 Å². The Morgan fingerprint density at radius 1 is 1.00 bits per heavy atom. The number of amides is 2. The number of rotatable bonds is 8. The first-order valence-corrected chi connectivity index (χ1v) is 10.6.